The third-order valence-electron chi connectivity index (χ3n) is 18.9. The third-order valence-corrected chi connectivity index (χ3v) is 18.9. The molecule has 0 radical (unpaired) electrons. The summed E-state index contributed by atoms with van der Waals surface area (Å²) in [6, 6.07) is 64.0. The van der Waals surface area contributed by atoms with Gasteiger partial charge in [0.25, 0.3) is 6.71 Å². The van der Waals surface area contributed by atoms with E-state index in [1.807, 2.05) is 0 Å². The molecular weight excluding hydrogens is 904 g/mol. The minimum Gasteiger partial charge on any atom is -0.311 e. The average Bonchev–Trinajstić information content (AvgIpc) is 3.38. The van der Waals surface area contributed by atoms with Crippen molar-refractivity contribution >= 4 is 57.2 Å². The van der Waals surface area contributed by atoms with Crippen LogP contribution in [-0.2, 0) is 32.5 Å². The Bertz CT molecular complexity index is 3570. The fourth-order valence-electron chi connectivity index (χ4n) is 13.8. The van der Waals surface area contributed by atoms with Gasteiger partial charge in [-0.15, -0.1) is 0 Å². The monoisotopic (exact) mass is 981 g/mol. The van der Waals surface area contributed by atoms with Crippen molar-refractivity contribution < 1.29 is 0 Å². The van der Waals surface area contributed by atoms with E-state index in [1.54, 1.807) is 0 Å². The summed E-state index contributed by atoms with van der Waals surface area (Å²) in [6.45, 7) is 34.0. The molecule has 378 valence electrons. The van der Waals surface area contributed by atoms with Crippen LogP contribution in [0.4, 0.5) is 34.1 Å². The Labute approximate surface area is 450 Å². The number of aryl methyl sites for hydroxylation is 1. The van der Waals surface area contributed by atoms with Crippen molar-refractivity contribution in [3.05, 3.63) is 208 Å². The van der Waals surface area contributed by atoms with E-state index in [4.69, 9.17) is 0 Å². The van der Waals surface area contributed by atoms with Crippen LogP contribution in [0.1, 0.15) is 160 Å². The van der Waals surface area contributed by atoms with Gasteiger partial charge >= 0.3 is 0 Å². The van der Waals surface area contributed by atoms with Gasteiger partial charge in [0.1, 0.15) is 0 Å². The number of benzene rings is 8. The highest BCUT2D eigenvalue weighted by Crippen LogP contribution is 2.54. The van der Waals surface area contributed by atoms with Crippen LogP contribution < -0.4 is 26.2 Å². The molecule has 2 heterocycles. The maximum Gasteiger partial charge on any atom is 0.252 e. The Morgan fingerprint density at radius 1 is 0.387 bits per heavy atom. The SMILES string of the molecule is Cc1cc2c3c(c1)N(c1ccc(C(C)(C)C)cc1-c1ccc(-c4ccccc4)cc1)c1ccc(C(C)(C)c4ccccc4)cc1B3c1cc3c(cc1N2c1ccc2c(c1)C(C)(C)CCC2(C)C)C(C)(C)CCC3(C)C. The first-order valence-electron chi connectivity index (χ1n) is 28.0. The van der Waals surface area contributed by atoms with E-state index in [-0.39, 0.29) is 39.2 Å². The lowest BCUT2D eigenvalue weighted by Crippen LogP contribution is -2.62. The summed E-state index contributed by atoms with van der Waals surface area (Å²) in [6.07, 6.45) is 4.69. The average molecular weight is 981 g/mol. The highest BCUT2D eigenvalue weighted by molar-refractivity contribution is 7.00. The van der Waals surface area contributed by atoms with Gasteiger partial charge in [-0.25, -0.2) is 0 Å². The minimum absolute atomic E-state index is 0.0128. The molecule has 3 heteroatoms. The van der Waals surface area contributed by atoms with Crippen LogP contribution in [0.5, 0.6) is 0 Å². The van der Waals surface area contributed by atoms with Crippen LogP contribution in [-0.4, -0.2) is 6.71 Å². The maximum atomic E-state index is 2.71. The molecule has 0 unspecified atom stereocenters. The van der Waals surface area contributed by atoms with Crippen molar-refractivity contribution in [2.45, 2.75) is 155 Å². The molecule has 0 fully saturated rings. The molecule has 12 rings (SSSR count). The first-order valence-corrected chi connectivity index (χ1v) is 28.0. The molecule has 0 amide bonds. The largest absolute Gasteiger partial charge is 0.311 e. The summed E-state index contributed by atoms with van der Waals surface area (Å²) in [5, 5.41) is 0. The lowest BCUT2D eigenvalue weighted by atomic mass is 9.33. The standard InChI is InChI=1S/C72H77BN2/c1-46-39-64-66-65(40-46)75(61-33-29-51(67(2,3)4)41-54(61)49-27-25-48(26-28-49)47-21-17-15-18-22-47)62-34-30-52(72(13,14)50-23-19-16-20-24-50)42-59(62)73(66)60-44-57-58(71(11,12)38-37-70(57,9)10)45-63(60)74(64)53-31-32-55-56(43-53)69(7,8)36-35-68(55,5)6/h15-34,39-45H,35-38H2,1-14H3. The minimum atomic E-state index is -0.243. The zero-order chi connectivity index (χ0) is 52.8. The summed E-state index contributed by atoms with van der Waals surface area (Å²) in [4.78, 5) is 5.37. The van der Waals surface area contributed by atoms with Gasteiger partial charge in [0.15, 0.2) is 0 Å². The van der Waals surface area contributed by atoms with Gasteiger partial charge in [0.05, 0.1) is 5.69 Å². The second-order valence-corrected chi connectivity index (χ2v) is 27.2. The van der Waals surface area contributed by atoms with E-state index in [2.05, 4.69) is 271 Å². The Morgan fingerprint density at radius 3 is 1.52 bits per heavy atom. The lowest BCUT2D eigenvalue weighted by Gasteiger charge is -2.48. The molecule has 0 saturated heterocycles. The fraction of sp³-hybridized carbons (Fsp3) is 0.333. The summed E-state index contributed by atoms with van der Waals surface area (Å²) < 4.78 is 0. The quantitative estimate of drug-likeness (QED) is 0.153. The van der Waals surface area contributed by atoms with Crippen molar-refractivity contribution in [3.63, 3.8) is 0 Å². The number of anilines is 6. The van der Waals surface area contributed by atoms with Crippen LogP contribution in [0, 0.1) is 6.92 Å². The molecule has 0 saturated carbocycles. The maximum absolute atomic E-state index is 2.71. The van der Waals surface area contributed by atoms with Crippen LogP contribution in [0.2, 0.25) is 0 Å². The van der Waals surface area contributed by atoms with Crippen LogP contribution in [0.25, 0.3) is 22.3 Å². The van der Waals surface area contributed by atoms with E-state index < -0.39 is 0 Å². The predicted molar refractivity (Wildman–Crippen MR) is 324 cm³/mol. The summed E-state index contributed by atoms with van der Waals surface area (Å²) >= 11 is 0. The summed E-state index contributed by atoms with van der Waals surface area (Å²) in [5.41, 5.74) is 27.8. The third kappa shape index (κ3) is 7.96. The van der Waals surface area contributed by atoms with Crippen LogP contribution in [0.15, 0.2) is 164 Å². The molecule has 0 bridgehead atoms. The lowest BCUT2D eigenvalue weighted by molar-refractivity contribution is 0.332. The molecule has 75 heavy (non-hydrogen) atoms. The Balaban J connectivity index is 1.18. The van der Waals surface area contributed by atoms with Gasteiger partial charge < -0.3 is 9.80 Å². The molecule has 8 aromatic carbocycles. The van der Waals surface area contributed by atoms with Crippen molar-refractivity contribution in [3.8, 4) is 22.3 Å². The van der Waals surface area contributed by atoms with Crippen LogP contribution in [0.3, 0.4) is 0 Å². The Hall–Kier alpha value is -6.58. The smallest absolute Gasteiger partial charge is 0.252 e. The van der Waals surface area contributed by atoms with Gasteiger partial charge in [-0.1, -0.05) is 205 Å². The fourth-order valence-corrected chi connectivity index (χ4v) is 13.8. The molecule has 4 aliphatic rings. The van der Waals surface area contributed by atoms with Gasteiger partial charge in [-0.3, -0.25) is 0 Å². The Morgan fingerprint density at radius 2 is 0.893 bits per heavy atom. The second kappa shape index (κ2) is 17.0. The number of hydrogen-bond donors (Lipinski definition) is 0. The van der Waals surface area contributed by atoms with E-state index in [0.717, 1.165) is 12.8 Å². The number of rotatable bonds is 6. The highest BCUT2D eigenvalue weighted by atomic mass is 15.2. The molecule has 0 atom stereocenters. The summed E-state index contributed by atoms with van der Waals surface area (Å²) in [5.74, 6) is 0. The molecule has 2 aliphatic carbocycles. The second-order valence-electron chi connectivity index (χ2n) is 27.2. The van der Waals surface area contributed by atoms with E-state index in [1.165, 1.54) is 130 Å². The summed E-state index contributed by atoms with van der Waals surface area (Å²) in [7, 11) is 0. The molecule has 2 nitrogen and oxygen atoms in total. The molecule has 0 N–H and O–H groups in total. The van der Waals surface area contributed by atoms with Crippen molar-refractivity contribution in [1.82, 2.24) is 0 Å². The normalized spacial score (nSPS) is 17.6. The van der Waals surface area contributed by atoms with Crippen LogP contribution >= 0.6 is 0 Å². The zero-order valence-electron chi connectivity index (χ0n) is 47.4. The number of hydrogen-bond acceptors (Lipinski definition) is 2. The molecule has 0 aromatic heterocycles. The van der Waals surface area contributed by atoms with Crippen molar-refractivity contribution in [1.29, 1.82) is 0 Å². The first-order chi connectivity index (χ1) is 35.4. The molecule has 2 aliphatic heterocycles. The topological polar surface area (TPSA) is 6.48 Å². The van der Waals surface area contributed by atoms with Gasteiger partial charge in [-0.2, -0.15) is 0 Å². The van der Waals surface area contributed by atoms with E-state index in [9.17, 15) is 0 Å². The van der Waals surface area contributed by atoms with Gasteiger partial charge in [-0.05, 0) is 186 Å². The Kier molecular flexibility index (Phi) is 11.2. The number of nitrogens with zero attached hydrogens (tertiary/aromatic N) is 2. The number of fused-ring (bicyclic) bond motifs is 6. The van der Waals surface area contributed by atoms with Gasteiger partial charge in [0, 0.05) is 39.4 Å². The van der Waals surface area contributed by atoms with Crippen molar-refractivity contribution in [2.24, 2.45) is 0 Å². The van der Waals surface area contributed by atoms with E-state index >= 15 is 0 Å². The van der Waals surface area contributed by atoms with Gasteiger partial charge in [0.2, 0.25) is 0 Å². The molecule has 0 spiro atoms. The van der Waals surface area contributed by atoms with E-state index in [0.29, 0.717) is 0 Å². The molecule has 8 aromatic rings. The first kappa shape index (κ1) is 49.3. The van der Waals surface area contributed by atoms with Crippen molar-refractivity contribution in [2.75, 3.05) is 9.80 Å². The molecular formula is C72H77BN2. The highest BCUT2D eigenvalue weighted by Gasteiger charge is 2.48. The predicted octanol–water partition coefficient (Wildman–Crippen LogP) is 17.7. The zero-order valence-corrected chi connectivity index (χ0v) is 47.4.